The number of nitriles is 1. The van der Waals surface area contributed by atoms with Crippen LogP contribution in [0.15, 0.2) is 12.3 Å². The molecular formula is C14H17F3N4. The number of hydrogen-bond acceptors (Lipinski definition) is 4. The van der Waals surface area contributed by atoms with Crippen molar-refractivity contribution in [3.63, 3.8) is 0 Å². The van der Waals surface area contributed by atoms with Gasteiger partial charge in [-0.3, -0.25) is 0 Å². The molecule has 0 bridgehead atoms. The molecule has 0 atom stereocenters. The summed E-state index contributed by atoms with van der Waals surface area (Å²) in [7, 11) is 1.75. The molecule has 2 N–H and O–H groups in total. The number of rotatable bonds is 2. The Balaban J connectivity index is 2.26. The molecule has 0 radical (unpaired) electrons. The normalized spacial score (nSPS) is 22.7. The van der Waals surface area contributed by atoms with Crippen molar-refractivity contribution < 1.29 is 13.2 Å². The molecule has 1 aliphatic rings. The van der Waals surface area contributed by atoms with Gasteiger partial charge in [0.2, 0.25) is 0 Å². The first-order valence-electron chi connectivity index (χ1n) is 6.78. The van der Waals surface area contributed by atoms with Crippen molar-refractivity contribution in [3.8, 4) is 6.07 Å². The standard InChI is InChI=1S/C14H17F3N4/c1-21(10-4-2-9(19)3-5-10)11-6-12(14(15,16)17)13(7-18)20-8-11/h6,8-10H,2-5,19H2,1H3. The van der Waals surface area contributed by atoms with Gasteiger partial charge in [0, 0.05) is 19.1 Å². The average molecular weight is 298 g/mol. The van der Waals surface area contributed by atoms with E-state index in [1.165, 1.54) is 12.3 Å². The maximum Gasteiger partial charge on any atom is 0.419 e. The Bertz CT molecular complexity index is 542. The fraction of sp³-hybridized carbons (Fsp3) is 0.571. The molecule has 2 rings (SSSR count). The molecule has 7 heteroatoms. The zero-order chi connectivity index (χ0) is 15.6. The minimum Gasteiger partial charge on any atom is -0.370 e. The third-order valence-corrected chi connectivity index (χ3v) is 3.98. The smallest absolute Gasteiger partial charge is 0.370 e. The number of nitrogens with zero attached hydrogens (tertiary/aromatic N) is 3. The highest BCUT2D eigenvalue weighted by molar-refractivity contribution is 5.51. The van der Waals surface area contributed by atoms with Crippen LogP contribution in [0.2, 0.25) is 0 Å². The molecule has 0 aromatic carbocycles. The molecule has 0 unspecified atom stereocenters. The highest BCUT2D eigenvalue weighted by Gasteiger charge is 2.35. The van der Waals surface area contributed by atoms with Gasteiger partial charge in [-0.15, -0.1) is 0 Å². The van der Waals surface area contributed by atoms with Crippen molar-refractivity contribution in [1.29, 1.82) is 5.26 Å². The summed E-state index contributed by atoms with van der Waals surface area (Å²) in [5.41, 5.74) is 4.64. The lowest BCUT2D eigenvalue weighted by Gasteiger charge is -2.35. The number of anilines is 1. The summed E-state index contributed by atoms with van der Waals surface area (Å²) in [4.78, 5) is 5.45. The second-order valence-electron chi connectivity index (χ2n) is 5.38. The van der Waals surface area contributed by atoms with Crippen LogP contribution in [0, 0.1) is 11.3 Å². The van der Waals surface area contributed by atoms with Gasteiger partial charge in [-0.25, -0.2) is 4.98 Å². The molecule has 1 aliphatic carbocycles. The third-order valence-electron chi connectivity index (χ3n) is 3.98. The van der Waals surface area contributed by atoms with E-state index in [1.807, 2.05) is 0 Å². The van der Waals surface area contributed by atoms with Gasteiger partial charge >= 0.3 is 6.18 Å². The predicted octanol–water partition coefficient (Wildman–Crippen LogP) is 2.68. The number of halogens is 3. The summed E-state index contributed by atoms with van der Waals surface area (Å²) in [5.74, 6) is 0. The number of alkyl halides is 3. The van der Waals surface area contributed by atoms with Crippen molar-refractivity contribution in [2.24, 2.45) is 5.73 Å². The lowest BCUT2D eigenvalue weighted by atomic mass is 9.91. The Morgan fingerprint density at radius 2 is 1.95 bits per heavy atom. The first kappa shape index (κ1) is 15.6. The Labute approximate surface area is 121 Å². The van der Waals surface area contributed by atoms with E-state index < -0.39 is 17.4 Å². The highest BCUT2D eigenvalue weighted by Crippen LogP contribution is 2.34. The Morgan fingerprint density at radius 3 is 2.48 bits per heavy atom. The summed E-state index contributed by atoms with van der Waals surface area (Å²) >= 11 is 0. The monoisotopic (exact) mass is 298 g/mol. The zero-order valence-electron chi connectivity index (χ0n) is 11.7. The minimum atomic E-state index is -4.58. The van der Waals surface area contributed by atoms with Gasteiger partial charge in [0.1, 0.15) is 6.07 Å². The van der Waals surface area contributed by atoms with Gasteiger partial charge in [0.15, 0.2) is 5.69 Å². The van der Waals surface area contributed by atoms with Crippen molar-refractivity contribution >= 4 is 5.69 Å². The Kier molecular flexibility index (Phi) is 4.37. The van der Waals surface area contributed by atoms with E-state index in [0.29, 0.717) is 5.69 Å². The molecule has 21 heavy (non-hydrogen) atoms. The maximum absolute atomic E-state index is 12.9. The van der Waals surface area contributed by atoms with Gasteiger partial charge in [0.05, 0.1) is 17.4 Å². The number of pyridine rings is 1. The summed E-state index contributed by atoms with van der Waals surface area (Å²) in [6, 6.07) is 2.82. The van der Waals surface area contributed by atoms with E-state index in [1.54, 1.807) is 11.9 Å². The van der Waals surface area contributed by atoms with E-state index in [2.05, 4.69) is 4.98 Å². The SMILES string of the molecule is CN(c1cnc(C#N)c(C(F)(F)F)c1)C1CCC(N)CC1. The van der Waals surface area contributed by atoms with Crippen LogP contribution in [0.1, 0.15) is 36.9 Å². The van der Waals surface area contributed by atoms with Gasteiger partial charge in [-0.2, -0.15) is 18.4 Å². The quantitative estimate of drug-likeness (QED) is 0.911. The Morgan fingerprint density at radius 1 is 1.33 bits per heavy atom. The molecule has 1 fully saturated rings. The third kappa shape index (κ3) is 3.45. The zero-order valence-corrected chi connectivity index (χ0v) is 11.7. The van der Waals surface area contributed by atoms with Crippen molar-refractivity contribution in [2.75, 3.05) is 11.9 Å². The fourth-order valence-electron chi connectivity index (χ4n) is 2.65. The van der Waals surface area contributed by atoms with Crippen LogP contribution in [0.5, 0.6) is 0 Å². The van der Waals surface area contributed by atoms with E-state index >= 15 is 0 Å². The molecule has 1 saturated carbocycles. The maximum atomic E-state index is 12.9. The van der Waals surface area contributed by atoms with Gasteiger partial charge in [-0.1, -0.05) is 0 Å². The van der Waals surface area contributed by atoms with Crippen LogP contribution in [0.4, 0.5) is 18.9 Å². The van der Waals surface area contributed by atoms with E-state index in [-0.39, 0.29) is 12.1 Å². The van der Waals surface area contributed by atoms with Gasteiger partial charge in [0.25, 0.3) is 0 Å². The molecule has 0 amide bonds. The molecule has 4 nitrogen and oxygen atoms in total. The topological polar surface area (TPSA) is 65.9 Å². The van der Waals surface area contributed by atoms with E-state index in [0.717, 1.165) is 31.7 Å². The van der Waals surface area contributed by atoms with Crippen LogP contribution in [-0.2, 0) is 6.18 Å². The predicted molar refractivity (Wildman–Crippen MR) is 72.6 cm³/mol. The second kappa shape index (κ2) is 5.90. The summed E-state index contributed by atoms with van der Waals surface area (Å²) < 4.78 is 38.8. The van der Waals surface area contributed by atoms with Gasteiger partial charge < -0.3 is 10.6 Å². The molecule has 114 valence electrons. The highest BCUT2D eigenvalue weighted by atomic mass is 19.4. The van der Waals surface area contributed by atoms with Crippen LogP contribution < -0.4 is 10.6 Å². The number of aromatic nitrogens is 1. The summed E-state index contributed by atoms with van der Waals surface area (Å²) in [5, 5.41) is 8.75. The minimum absolute atomic E-state index is 0.153. The van der Waals surface area contributed by atoms with Crippen molar-refractivity contribution in [3.05, 3.63) is 23.5 Å². The molecule has 0 spiro atoms. The van der Waals surface area contributed by atoms with E-state index in [9.17, 15) is 13.2 Å². The summed E-state index contributed by atoms with van der Waals surface area (Å²) in [6.45, 7) is 0. The van der Waals surface area contributed by atoms with Crippen LogP contribution in [0.3, 0.4) is 0 Å². The van der Waals surface area contributed by atoms with E-state index in [4.69, 9.17) is 11.0 Å². The first-order valence-corrected chi connectivity index (χ1v) is 6.78. The van der Waals surface area contributed by atoms with Crippen molar-refractivity contribution in [1.82, 2.24) is 4.98 Å². The molecular weight excluding hydrogens is 281 g/mol. The lowest BCUT2D eigenvalue weighted by molar-refractivity contribution is -0.138. The second-order valence-corrected chi connectivity index (χ2v) is 5.38. The largest absolute Gasteiger partial charge is 0.419 e. The van der Waals surface area contributed by atoms with Crippen molar-refractivity contribution in [2.45, 2.75) is 43.9 Å². The number of nitrogens with two attached hydrogens (primary N) is 1. The van der Waals surface area contributed by atoms with Crippen LogP contribution in [0.25, 0.3) is 0 Å². The molecule has 0 aliphatic heterocycles. The van der Waals surface area contributed by atoms with Crippen LogP contribution in [-0.4, -0.2) is 24.1 Å². The molecule has 1 heterocycles. The molecule has 1 aromatic rings. The molecule has 1 aromatic heterocycles. The fourth-order valence-corrected chi connectivity index (χ4v) is 2.65. The first-order chi connectivity index (χ1) is 9.82. The summed E-state index contributed by atoms with van der Waals surface area (Å²) in [6.07, 6.45) is 0.167. The van der Waals surface area contributed by atoms with Gasteiger partial charge in [-0.05, 0) is 31.7 Å². The molecule has 0 saturated heterocycles. The number of hydrogen-bond donors (Lipinski definition) is 1. The lowest BCUT2D eigenvalue weighted by Crippen LogP contribution is -2.38. The van der Waals surface area contributed by atoms with Crippen LogP contribution >= 0.6 is 0 Å². The average Bonchev–Trinajstić information content (AvgIpc) is 2.45. The Hall–Kier alpha value is -1.81.